The van der Waals surface area contributed by atoms with Crippen molar-refractivity contribution in [1.82, 2.24) is 9.97 Å². The number of nitrogens with zero attached hydrogens (tertiary/aromatic N) is 2. The summed E-state index contributed by atoms with van der Waals surface area (Å²) >= 11 is 2.88. The summed E-state index contributed by atoms with van der Waals surface area (Å²) in [4.78, 5) is 34.1. The lowest BCUT2D eigenvalue weighted by atomic mass is 9.74. The van der Waals surface area contributed by atoms with E-state index in [0.29, 0.717) is 36.1 Å². The number of rotatable bonds is 24. The van der Waals surface area contributed by atoms with Gasteiger partial charge in [-0.1, -0.05) is 153 Å². The van der Waals surface area contributed by atoms with Gasteiger partial charge >= 0.3 is 11.9 Å². The topological polar surface area (TPSA) is 108 Å². The Morgan fingerprint density at radius 1 is 0.810 bits per heavy atom. The van der Waals surface area contributed by atoms with Crippen LogP contribution < -0.4 is 0 Å². The molecule has 1 aliphatic rings. The number of thiazole rings is 2. The van der Waals surface area contributed by atoms with Crippen molar-refractivity contribution in [3.05, 3.63) is 123 Å². The molecule has 2 aromatic rings. The van der Waals surface area contributed by atoms with Gasteiger partial charge in [-0.25, -0.2) is 19.6 Å². The van der Waals surface area contributed by atoms with Crippen LogP contribution in [-0.2, 0) is 20.3 Å². The molecule has 63 heavy (non-hydrogen) atoms. The number of hydrogen-bond donors (Lipinski definition) is 1. The Morgan fingerprint density at radius 3 is 2.13 bits per heavy atom. The first-order valence-electron chi connectivity index (χ1n) is 22.4. The summed E-state index contributed by atoms with van der Waals surface area (Å²) in [7, 11) is -0.663. The summed E-state index contributed by atoms with van der Waals surface area (Å²) in [5.41, 5.74) is -0.107. The van der Waals surface area contributed by atoms with Crippen LogP contribution in [0.25, 0.3) is 6.08 Å². The van der Waals surface area contributed by atoms with Gasteiger partial charge in [0.05, 0.1) is 24.3 Å². The number of aliphatic hydroxyl groups excluding tert-OH is 1. The maximum atomic E-state index is 13.5. The fourth-order valence-electron chi connectivity index (χ4n) is 6.60. The molecule has 11 heteroatoms. The molecule has 1 N–H and O–H groups in total. The van der Waals surface area contributed by atoms with Gasteiger partial charge in [-0.2, -0.15) is 0 Å². The molecule has 0 amide bonds. The van der Waals surface area contributed by atoms with Crippen molar-refractivity contribution < 1.29 is 28.6 Å². The van der Waals surface area contributed by atoms with Crippen LogP contribution >= 0.6 is 22.7 Å². The first kappa shape index (κ1) is 53.6. The van der Waals surface area contributed by atoms with E-state index in [9.17, 15) is 14.7 Å². The molecule has 8 nitrogen and oxygen atoms in total. The summed E-state index contributed by atoms with van der Waals surface area (Å²) < 4.78 is 17.7. The Morgan fingerprint density at radius 2 is 1.46 bits per heavy atom. The molecular weight excluding hydrogens is 841 g/mol. The van der Waals surface area contributed by atoms with Crippen LogP contribution in [0.1, 0.15) is 126 Å². The van der Waals surface area contributed by atoms with Crippen LogP contribution in [0, 0.1) is 34.5 Å². The number of aromatic nitrogens is 2. The Balaban J connectivity index is 1.53. The summed E-state index contributed by atoms with van der Waals surface area (Å²) in [6, 6.07) is 0. The van der Waals surface area contributed by atoms with E-state index in [2.05, 4.69) is 128 Å². The zero-order valence-corrected chi connectivity index (χ0v) is 43.1. The van der Waals surface area contributed by atoms with Gasteiger partial charge in [0, 0.05) is 34.4 Å². The molecule has 0 aromatic carbocycles. The van der Waals surface area contributed by atoms with Crippen LogP contribution in [0.3, 0.4) is 0 Å². The Labute approximate surface area is 388 Å². The molecule has 0 spiro atoms. The number of carbonyl (C=O) groups is 2. The van der Waals surface area contributed by atoms with Gasteiger partial charge in [0.2, 0.25) is 0 Å². The number of ether oxygens (including phenoxy) is 2. The van der Waals surface area contributed by atoms with Crippen LogP contribution in [0.2, 0.25) is 18.1 Å². The van der Waals surface area contributed by atoms with Crippen molar-refractivity contribution in [2.75, 3.05) is 7.11 Å². The Kier molecular flexibility index (Phi) is 20.9. The second kappa shape index (κ2) is 24.5. The summed E-state index contributed by atoms with van der Waals surface area (Å²) in [6.07, 6.45) is 34.9. The molecule has 3 rings (SSSR count). The van der Waals surface area contributed by atoms with Crippen molar-refractivity contribution in [1.29, 1.82) is 0 Å². The largest absolute Gasteiger partial charge is 0.464 e. The van der Waals surface area contributed by atoms with Crippen molar-refractivity contribution in [3.8, 4) is 0 Å². The van der Waals surface area contributed by atoms with Crippen molar-refractivity contribution >= 4 is 49.0 Å². The molecule has 0 saturated heterocycles. The molecule has 346 valence electrons. The average Bonchev–Trinajstić information content (AvgIpc) is 3.52. The second-order valence-corrected chi connectivity index (χ2v) is 26.1. The van der Waals surface area contributed by atoms with Gasteiger partial charge in [0.25, 0.3) is 0 Å². The average molecular weight is 917 g/mol. The SMILES string of the molecule is C/C=C/[C@H](O[Si](C)(C)C(C)(C)C)C(C)(C)[C@@H](O)C/C=C\[C@H]1C[C@H]1/C=C/C=C\c1nc(C(=O)O[C@@H](C\C=C/C=C\C=C\[C@H](C)Cc2nc(C(=O)OC)cs2)C(C)(C)[C@@H](C)/C=C/C)cs1. The monoisotopic (exact) mass is 916 g/mol. The zero-order valence-electron chi connectivity index (χ0n) is 40.5. The van der Waals surface area contributed by atoms with Crippen LogP contribution in [-0.4, -0.2) is 60.8 Å². The number of aliphatic hydroxyl groups is 1. The quantitative estimate of drug-likeness (QED) is 0.0480. The maximum absolute atomic E-state index is 13.5. The Hall–Kier alpha value is -3.74. The maximum Gasteiger partial charge on any atom is 0.358 e. The lowest BCUT2D eigenvalue weighted by Gasteiger charge is -2.44. The normalized spacial score (nSPS) is 19.5. The predicted molar refractivity (Wildman–Crippen MR) is 268 cm³/mol. The van der Waals surface area contributed by atoms with E-state index >= 15 is 0 Å². The van der Waals surface area contributed by atoms with Crippen LogP contribution in [0.4, 0.5) is 0 Å². The predicted octanol–water partition coefficient (Wildman–Crippen LogP) is 13.6. The molecule has 1 fully saturated rings. The molecule has 0 radical (unpaired) electrons. The zero-order chi connectivity index (χ0) is 47.0. The van der Waals surface area contributed by atoms with E-state index in [-0.39, 0.29) is 34.5 Å². The molecule has 2 heterocycles. The highest BCUT2D eigenvalue weighted by atomic mass is 32.1. The van der Waals surface area contributed by atoms with Gasteiger partial charge in [-0.05, 0) is 74.6 Å². The van der Waals surface area contributed by atoms with E-state index in [0.717, 1.165) is 22.9 Å². The summed E-state index contributed by atoms with van der Waals surface area (Å²) in [5.74, 6) is 0.516. The van der Waals surface area contributed by atoms with Gasteiger partial charge in [-0.15, -0.1) is 22.7 Å². The van der Waals surface area contributed by atoms with Crippen LogP contribution in [0.5, 0.6) is 0 Å². The number of allylic oxidation sites excluding steroid dienone is 12. The van der Waals surface area contributed by atoms with E-state index in [1.165, 1.54) is 29.8 Å². The first-order valence-corrected chi connectivity index (χ1v) is 27.1. The molecule has 2 aromatic heterocycles. The first-order chi connectivity index (χ1) is 29.6. The van der Waals surface area contributed by atoms with Gasteiger partial charge in [0.1, 0.15) is 11.1 Å². The number of hydrogen-bond acceptors (Lipinski definition) is 10. The molecule has 0 aliphatic heterocycles. The van der Waals surface area contributed by atoms with E-state index in [4.69, 9.17) is 13.9 Å². The Bertz CT molecular complexity index is 2010. The molecule has 1 saturated carbocycles. The third kappa shape index (κ3) is 16.6. The molecule has 0 unspecified atom stereocenters. The number of carbonyl (C=O) groups excluding carboxylic acids is 2. The van der Waals surface area contributed by atoms with Crippen molar-refractivity contribution in [3.63, 3.8) is 0 Å². The summed E-state index contributed by atoms with van der Waals surface area (Å²) in [6.45, 7) is 28.0. The smallest absolute Gasteiger partial charge is 0.358 e. The third-order valence-corrected chi connectivity index (χ3v) is 18.8. The van der Waals surface area contributed by atoms with Crippen LogP contribution in [0.15, 0.2) is 102 Å². The van der Waals surface area contributed by atoms with Crippen molar-refractivity contribution in [2.45, 2.75) is 138 Å². The molecular formula is C52H76N2O6S2Si. The second-order valence-electron chi connectivity index (χ2n) is 19.5. The standard InChI is InChI=1S/C52H76N2O6S2Si/c1-15-25-38(4)51(8,9)44(31-21-19-17-18-20-27-37(3)33-47-54-41(35-62-47)48(56)58-12)59-49(57)42-36-61-46(53-42)32-23-22-28-39-34-40(39)29-24-30-43(55)52(10,11)45(26-16-2)60-63(13,14)50(5,6)7/h15-29,32,35-40,43-45,55H,30-31,33-34H2,1-14H3/b18-17-,21-19-,25-15+,26-16+,27-20+,28-22+,29-24-,32-23-/t37-,38-,39+,40-,43-,44-,45-/m0/s1. The minimum Gasteiger partial charge on any atom is -0.464 e. The van der Waals surface area contributed by atoms with Gasteiger partial charge in [-0.3, -0.25) is 0 Å². The van der Waals surface area contributed by atoms with Gasteiger partial charge in [0.15, 0.2) is 19.7 Å². The molecule has 0 bridgehead atoms. The highest BCUT2D eigenvalue weighted by molar-refractivity contribution is 7.10. The summed E-state index contributed by atoms with van der Waals surface area (Å²) in [5, 5.41) is 16.5. The molecule has 1 aliphatic carbocycles. The minimum atomic E-state index is -2.02. The highest BCUT2D eigenvalue weighted by Gasteiger charge is 2.44. The van der Waals surface area contributed by atoms with E-state index < -0.39 is 31.8 Å². The minimum absolute atomic E-state index is 0.0884. The fourth-order valence-corrected chi connectivity index (χ4v) is 9.56. The van der Waals surface area contributed by atoms with E-state index in [1.807, 2.05) is 68.5 Å². The lowest BCUT2D eigenvalue weighted by Crippen LogP contribution is -2.50. The number of esters is 2. The van der Waals surface area contributed by atoms with Crippen molar-refractivity contribution in [2.24, 2.45) is 34.5 Å². The fraction of sp³-hybridized carbons (Fsp3) is 0.538. The third-order valence-electron chi connectivity index (χ3n) is 12.7. The highest BCUT2D eigenvalue weighted by Crippen LogP contribution is 2.43. The van der Waals surface area contributed by atoms with E-state index in [1.54, 1.807) is 10.8 Å². The number of methoxy groups -OCH3 is 1. The lowest BCUT2D eigenvalue weighted by molar-refractivity contribution is -0.0185. The molecule has 7 atom stereocenters. The van der Waals surface area contributed by atoms with Gasteiger partial charge < -0.3 is 19.0 Å².